The van der Waals surface area contributed by atoms with Gasteiger partial charge < -0.3 is 0 Å². The first kappa shape index (κ1) is 17.5. The van der Waals surface area contributed by atoms with E-state index in [1.165, 1.54) is 5.56 Å². The van der Waals surface area contributed by atoms with Crippen LogP contribution in [0.1, 0.15) is 0 Å². The molecule has 1 heterocycles. The summed E-state index contributed by atoms with van der Waals surface area (Å²) < 4.78 is 1.06. The molecule has 0 radical (unpaired) electrons. The molecule has 0 fully saturated rings. The van der Waals surface area contributed by atoms with Crippen molar-refractivity contribution in [2.45, 2.75) is 0 Å². The van der Waals surface area contributed by atoms with Gasteiger partial charge in [0, 0.05) is 4.47 Å². The van der Waals surface area contributed by atoms with E-state index in [0.29, 0.717) is 0 Å². The molecular formula is C19H15BrFeN2. The third-order valence-electron chi connectivity index (χ3n) is 3.23. The first-order valence-corrected chi connectivity index (χ1v) is 7.82. The molecule has 0 aliphatic heterocycles. The predicted molar refractivity (Wildman–Crippen MR) is 94.8 cm³/mol. The molecule has 0 amide bonds. The van der Waals surface area contributed by atoms with Crippen LogP contribution in [0.4, 0.5) is 0 Å². The van der Waals surface area contributed by atoms with Gasteiger partial charge in [0.05, 0.1) is 5.69 Å². The third-order valence-corrected chi connectivity index (χ3v) is 3.72. The molecule has 0 atom stereocenters. The van der Waals surface area contributed by atoms with Crippen molar-refractivity contribution >= 4 is 15.9 Å². The average Bonchev–Trinajstić information content (AvgIpc) is 3.28. The van der Waals surface area contributed by atoms with E-state index in [2.05, 4.69) is 56.5 Å². The second kappa shape index (κ2) is 8.68. The molecule has 2 nitrogen and oxygen atoms in total. The summed E-state index contributed by atoms with van der Waals surface area (Å²) in [7, 11) is 0. The van der Waals surface area contributed by atoms with Gasteiger partial charge in [0.1, 0.15) is 0 Å². The maximum atomic E-state index is 4.34. The Morgan fingerprint density at radius 2 is 1.70 bits per heavy atom. The number of hydrogen-bond acceptors (Lipinski definition) is 1. The molecule has 4 aromatic rings. The summed E-state index contributed by atoms with van der Waals surface area (Å²) in [6, 6.07) is 28.4. The van der Waals surface area contributed by atoms with E-state index in [1.54, 1.807) is 0 Å². The fraction of sp³-hybridized carbons (Fsp3) is 0. The number of hydrogen-bond donors (Lipinski definition) is 1. The molecule has 0 bridgehead atoms. The molecule has 0 unspecified atom stereocenters. The van der Waals surface area contributed by atoms with Gasteiger partial charge in [-0.2, -0.15) is 35.4 Å². The Bertz CT molecular complexity index is 784. The number of halogens is 1. The van der Waals surface area contributed by atoms with Gasteiger partial charge in [-0.1, -0.05) is 39.7 Å². The molecule has 0 aliphatic carbocycles. The van der Waals surface area contributed by atoms with Crippen LogP contribution >= 0.6 is 15.9 Å². The van der Waals surface area contributed by atoms with Gasteiger partial charge in [-0.15, -0.1) is 12.1 Å². The maximum absolute atomic E-state index is 4.34. The summed E-state index contributed by atoms with van der Waals surface area (Å²) in [6.45, 7) is 0. The van der Waals surface area contributed by atoms with Crippen LogP contribution in [0.2, 0.25) is 0 Å². The standard InChI is InChI=1S/C14H10BrN2.C5H5.Fe/c15-12-7-3-6-11(8-12)14-9-13(16-17-14)10-4-1-2-5-10;1-2-4-5-3-1;/h1-9H,(H,16,17);1-5H;/q2*-1;+2. The smallest absolute Gasteiger partial charge is 0.297 e. The predicted octanol–water partition coefficient (Wildman–Crippen LogP) is 5.63. The molecule has 4 rings (SSSR count). The summed E-state index contributed by atoms with van der Waals surface area (Å²) in [4.78, 5) is 0. The van der Waals surface area contributed by atoms with Crippen molar-refractivity contribution in [3.05, 3.63) is 89.4 Å². The first-order valence-electron chi connectivity index (χ1n) is 7.03. The van der Waals surface area contributed by atoms with Crippen molar-refractivity contribution in [1.29, 1.82) is 0 Å². The molecule has 116 valence electrons. The number of nitrogens with zero attached hydrogens (tertiary/aromatic N) is 1. The van der Waals surface area contributed by atoms with E-state index in [4.69, 9.17) is 0 Å². The van der Waals surface area contributed by atoms with Crippen molar-refractivity contribution in [3.63, 3.8) is 0 Å². The van der Waals surface area contributed by atoms with Crippen molar-refractivity contribution in [2.24, 2.45) is 0 Å². The van der Waals surface area contributed by atoms with Crippen LogP contribution in [0.5, 0.6) is 0 Å². The Kier molecular flexibility index (Phi) is 6.60. The number of rotatable bonds is 2. The molecule has 1 N–H and O–H groups in total. The minimum absolute atomic E-state index is 0. The monoisotopic (exact) mass is 406 g/mol. The molecule has 0 aliphatic rings. The molecule has 4 heteroatoms. The van der Waals surface area contributed by atoms with Gasteiger partial charge in [-0.25, -0.2) is 12.1 Å². The van der Waals surface area contributed by atoms with Crippen molar-refractivity contribution in [2.75, 3.05) is 0 Å². The topological polar surface area (TPSA) is 28.7 Å². The van der Waals surface area contributed by atoms with Gasteiger partial charge in [0.2, 0.25) is 0 Å². The zero-order chi connectivity index (χ0) is 15.2. The SMILES string of the molecule is Brc1cccc(-c2cc(-[c-]3cccc3)[nH]n2)c1.[Fe+2].c1cc[cH-]c1. The Hall–Kier alpha value is -1.87. The molecule has 0 saturated heterocycles. The molecule has 0 spiro atoms. The van der Waals surface area contributed by atoms with E-state index in [1.807, 2.05) is 54.6 Å². The van der Waals surface area contributed by atoms with E-state index in [-0.39, 0.29) is 17.1 Å². The zero-order valence-electron chi connectivity index (χ0n) is 12.3. The quantitative estimate of drug-likeness (QED) is 0.339. The first-order chi connectivity index (χ1) is 10.8. The zero-order valence-corrected chi connectivity index (χ0v) is 15.0. The van der Waals surface area contributed by atoms with Crippen molar-refractivity contribution < 1.29 is 17.1 Å². The number of aromatic nitrogens is 2. The minimum Gasteiger partial charge on any atom is -0.297 e. The van der Waals surface area contributed by atoms with Crippen LogP contribution in [0.3, 0.4) is 0 Å². The van der Waals surface area contributed by atoms with Crippen LogP contribution in [-0.2, 0) is 17.1 Å². The molecular weight excluding hydrogens is 392 g/mol. The number of aromatic amines is 1. The van der Waals surface area contributed by atoms with E-state index in [0.717, 1.165) is 21.4 Å². The summed E-state index contributed by atoms with van der Waals surface area (Å²) in [5.41, 5.74) is 4.28. The van der Waals surface area contributed by atoms with Gasteiger partial charge in [0.15, 0.2) is 0 Å². The Morgan fingerprint density at radius 3 is 2.30 bits per heavy atom. The third kappa shape index (κ3) is 4.80. The largest absolute Gasteiger partial charge is 2.00 e. The van der Waals surface area contributed by atoms with Crippen LogP contribution < -0.4 is 0 Å². The fourth-order valence-electron chi connectivity index (χ4n) is 2.14. The van der Waals surface area contributed by atoms with E-state index < -0.39 is 0 Å². The molecule has 1 aromatic heterocycles. The Balaban J connectivity index is 0.000000276. The second-order valence-electron chi connectivity index (χ2n) is 4.81. The van der Waals surface area contributed by atoms with Crippen LogP contribution in [0.15, 0.2) is 89.4 Å². The molecule has 23 heavy (non-hydrogen) atoms. The van der Waals surface area contributed by atoms with E-state index in [9.17, 15) is 0 Å². The summed E-state index contributed by atoms with van der Waals surface area (Å²) >= 11 is 3.47. The maximum Gasteiger partial charge on any atom is 2.00 e. The normalized spacial score (nSPS) is 9.61. The van der Waals surface area contributed by atoms with Crippen molar-refractivity contribution in [1.82, 2.24) is 10.2 Å². The van der Waals surface area contributed by atoms with Crippen LogP contribution in [-0.4, -0.2) is 10.2 Å². The van der Waals surface area contributed by atoms with Crippen LogP contribution in [0, 0.1) is 0 Å². The average molecular weight is 407 g/mol. The summed E-state index contributed by atoms with van der Waals surface area (Å²) in [5, 5.41) is 7.40. The second-order valence-corrected chi connectivity index (χ2v) is 5.73. The van der Waals surface area contributed by atoms with E-state index >= 15 is 0 Å². The van der Waals surface area contributed by atoms with Gasteiger partial charge >= 0.3 is 17.1 Å². The number of H-pyrrole nitrogens is 1. The summed E-state index contributed by atoms with van der Waals surface area (Å²) in [5.74, 6) is 0. The van der Waals surface area contributed by atoms with Crippen LogP contribution in [0.25, 0.3) is 22.5 Å². The fourth-order valence-corrected chi connectivity index (χ4v) is 2.54. The summed E-state index contributed by atoms with van der Waals surface area (Å²) in [6.07, 6.45) is 0. The van der Waals surface area contributed by atoms with Gasteiger partial charge in [0.25, 0.3) is 0 Å². The molecule has 0 saturated carbocycles. The van der Waals surface area contributed by atoms with Crippen molar-refractivity contribution in [3.8, 4) is 22.5 Å². The Labute approximate surface area is 154 Å². The minimum atomic E-state index is 0. The van der Waals surface area contributed by atoms with Gasteiger partial charge in [-0.3, -0.25) is 5.10 Å². The Morgan fingerprint density at radius 1 is 0.957 bits per heavy atom. The molecule has 3 aromatic carbocycles. The van der Waals surface area contributed by atoms with Gasteiger partial charge in [-0.05, 0) is 23.4 Å². The number of nitrogens with one attached hydrogen (secondary N) is 1. The number of benzene rings is 1.